The van der Waals surface area contributed by atoms with Crippen molar-refractivity contribution in [2.75, 3.05) is 31.6 Å². The summed E-state index contributed by atoms with van der Waals surface area (Å²) in [6, 6.07) is 8.32. The number of aromatic nitrogens is 1. The van der Waals surface area contributed by atoms with E-state index in [0.29, 0.717) is 37.7 Å². The van der Waals surface area contributed by atoms with Gasteiger partial charge in [0.05, 0.1) is 30.2 Å². The zero-order chi connectivity index (χ0) is 20.3. The second-order valence-electron chi connectivity index (χ2n) is 6.43. The molecule has 0 radical (unpaired) electrons. The summed E-state index contributed by atoms with van der Waals surface area (Å²) in [4.78, 5) is 17.1. The quantitative estimate of drug-likeness (QED) is 0.625. The number of morpholine rings is 1. The molecule has 3 aromatic rings. The molecule has 0 spiro atoms. The summed E-state index contributed by atoms with van der Waals surface area (Å²) in [5.41, 5.74) is 2.18. The Hall–Kier alpha value is -2.11. The Morgan fingerprint density at radius 3 is 2.79 bits per heavy atom. The molecule has 152 valence electrons. The first kappa shape index (κ1) is 20.2. The molecule has 1 amide bonds. The van der Waals surface area contributed by atoms with Crippen LogP contribution in [0.15, 0.2) is 51.4 Å². The highest BCUT2D eigenvalue weighted by Gasteiger charge is 2.26. The lowest BCUT2D eigenvalue weighted by Crippen LogP contribution is -2.40. The summed E-state index contributed by atoms with van der Waals surface area (Å²) in [6.07, 6.45) is 0.126. The van der Waals surface area contributed by atoms with Crippen molar-refractivity contribution in [1.29, 1.82) is 0 Å². The normalized spacial score (nSPS) is 15.3. The fourth-order valence-corrected chi connectivity index (χ4v) is 5.93. The molecule has 1 N–H and O–H groups in total. The van der Waals surface area contributed by atoms with Gasteiger partial charge in [0.25, 0.3) is 0 Å². The molecule has 1 saturated heterocycles. The van der Waals surface area contributed by atoms with Crippen LogP contribution < -0.4 is 5.32 Å². The molecular formula is C19H19N3O4S3. The minimum atomic E-state index is -3.61. The standard InChI is InChI=1S/C19H19N3O4S3/c23-18(11-16-13-28-19(21-16)14-4-9-27-12-14)20-15-2-1-3-17(10-15)29(24,25)22-5-7-26-8-6-22/h1-4,9-10,12-13H,5-8,11H2,(H,20,23). The molecule has 2 aromatic heterocycles. The van der Waals surface area contributed by atoms with Crippen molar-refractivity contribution in [3.05, 3.63) is 52.2 Å². The average Bonchev–Trinajstić information content (AvgIpc) is 3.40. The van der Waals surface area contributed by atoms with Crippen LogP contribution in [0, 0.1) is 0 Å². The van der Waals surface area contributed by atoms with E-state index in [1.165, 1.54) is 27.8 Å². The van der Waals surface area contributed by atoms with E-state index in [0.717, 1.165) is 10.6 Å². The zero-order valence-electron chi connectivity index (χ0n) is 15.4. The zero-order valence-corrected chi connectivity index (χ0v) is 17.9. The maximum Gasteiger partial charge on any atom is 0.243 e. The molecule has 0 bridgehead atoms. The van der Waals surface area contributed by atoms with Crippen molar-refractivity contribution in [1.82, 2.24) is 9.29 Å². The Bertz CT molecular complexity index is 1090. The van der Waals surface area contributed by atoms with Gasteiger partial charge in [0.2, 0.25) is 15.9 Å². The second kappa shape index (κ2) is 8.72. The number of nitrogens with one attached hydrogen (secondary N) is 1. The molecule has 0 aliphatic carbocycles. The maximum absolute atomic E-state index is 12.8. The number of nitrogens with zero attached hydrogens (tertiary/aromatic N) is 2. The van der Waals surface area contributed by atoms with Gasteiger partial charge >= 0.3 is 0 Å². The van der Waals surface area contributed by atoms with Gasteiger partial charge in [-0.25, -0.2) is 13.4 Å². The van der Waals surface area contributed by atoms with Crippen LogP contribution in [0.4, 0.5) is 5.69 Å². The summed E-state index contributed by atoms with van der Waals surface area (Å²) in [5.74, 6) is -0.243. The van der Waals surface area contributed by atoms with Gasteiger partial charge in [-0.1, -0.05) is 6.07 Å². The summed E-state index contributed by atoms with van der Waals surface area (Å²) >= 11 is 3.10. The molecule has 29 heavy (non-hydrogen) atoms. The van der Waals surface area contributed by atoms with Crippen molar-refractivity contribution in [2.24, 2.45) is 0 Å². The van der Waals surface area contributed by atoms with Crippen LogP contribution in [0.5, 0.6) is 0 Å². The predicted octanol–water partition coefficient (Wildman–Crippen LogP) is 3.07. The van der Waals surface area contributed by atoms with Crippen molar-refractivity contribution < 1.29 is 17.9 Å². The topological polar surface area (TPSA) is 88.6 Å². The van der Waals surface area contributed by atoms with Crippen molar-refractivity contribution in [2.45, 2.75) is 11.3 Å². The lowest BCUT2D eigenvalue weighted by Gasteiger charge is -2.26. The first-order chi connectivity index (χ1) is 14.0. The molecule has 0 atom stereocenters. The van der Waals surface area contributed by atoms with E-state index in [1.54, 1.807) is 23.5 Å². The second-order valence-corrected chi connectivity index (χ2v) is 10.0. The fraction of sp³-hybridized carbons (Fsp3) is 0.263. The first-order valence-electron chi connectivity index (χ1n) is 8.97. The van der Waals surface area contributed by atoms with Gasteiger partial charge in [-0.2, -0.15) is 15.6 Å². The number of carbonyl (C=O) groups excluding carboxylic acids is 1. The van der Waals surface area contributed by atoms with Crippen LogP contribution in [-0.2, 0) is 26.0 Å². The van der Waals surface area contributed by atoms with Crippen LogP contribution in [-0.4, -0.2) is 49.9 Å². The third kappa shape index (κ3) is 4.73. The van der Waals surface area contributed by atoms with Crippen LogP contribution in [0.2, 0.25) is 0 Å². The van der Waals surface area contributed by atoms with Gasteiger partial charge in [0.15, 0.2) is 0 Å². The van der Waals surface area contributed by atoms with Gasteiger partial charge in [0, 0.05) is 35.1 Å². The highest BCUT2D eigenvalue weighted by atomic mass is 32.2. The number of benzene rings is 1. The molecule has 7 nitrogen and oxygen atoms in total. The lowest BCUT2D eigenvalue weighted by atomic mass is 10.3. The number of ether oxygens (including phenoxy) is 1. The third-order valence-electron chi connectivity index (χ3n) is 4.39. The molecule has 1 aliphatic rings. The number of thiazole rings is 1. The minimum absolute atomic E-state index is 0.126. The van der Waals surface area contributed by atoms with Crippen LogP contribution in [0.25, 0.3) is 10.6 Å². The fourth-order valence-electron chi connectivity index (χ4n) is 2.95. The molecule has 4 rings (SSSR count). The van der Waals surface area contributed by atoms with E-state index in [4.69, 9.17) is 4.74 Å². The van der Waals surface area contributed by atoms with E-state index < -0.39 is 10.0 Å². The lowest BCUT2D eigenvalue weighted by molar-refractivity contribution is -0.115. The average molecular weight is 450 g/mol. The summed E-state index contributed by atoms with van der Waals surface area (Å²) in [7, 11) is -3.61. The molecule has 3 heterocycles. The molecule has 0 unspecified atom stereocenters. The van der Waals surface area contributed by atoms with Gasteiger partial charge in [-0.3, -0.25) is 4.79 Å². The van der Waals surface area contributed by atoms with Gasteiger partial charge in [0.1, 0.15) is 5.01 Å². The third-order valence-corrected chi connectivity index (χ3v) is 7.91. The highest BCUT2D eigenvalue weighted by Crippen LogP contribution is 2.26. The monoisotopic (exact) mass is 449 g/mol. The summed E-state index contributed by atoms with van der Waals surface area (Å²) in [5, 5.41) is 9.52. The SMILES string of the molecule is O=C(Cc1csc(-c2ccsc2)n1)Nc1cccc(S(=O)(=O)N2CCOCC2)c1. The van der Waals surface area contributed by atoms with E-state index in [-0.39, 0.29) is 17.2 Å². The van der Waals surface area contributed by atoms with Crippen LogP contribution in [0.1, 0.15) is 5.69 Å². The van der Waals surface area contributed by atoms with Crippen LogP contribution >= 0.6 is 22.7 Å². The number of hydrogen-bond acceptors (Lipinski definition) is 7. The molecule has 1 aromatic carbocycles. The minimum Gasteiger partial charge on any atom is -0.379 e. The van der Waals surface area contributed by atoms with Crippen molar-refractivity contribution >= 4 is 44.3 Å². The molecule has 0 saturated carbocycles. The van der Waals surface area contributed by atoms with E-state index in [2.05, 4.69) is 10.3 Å². The van der Waals surface area contributed by atoms with Gasteiger partial charge in [-0.15, -0.1) is 11.3 Å². The number of rotatable bonds is 6. The molecule has 10 heteroatoms. The Morgan fingerprint density at radius 2 is 2.03 bits per heavy atom. The Labute approximate surface area is 177 Å². The molecular weight excluding hydrogens is 430 g/mol. The Balaban J connectivity index is 1.43. The Kier molecular flexibility index (Phi) is 6.07. The number of carbonyl (C=O) groups is 1. The highest BCUT2D eigenvalue weighted by molar-refractivity contribution is 7.89. The first-order valence-corrected chi connectivity index (χ1v) is 12.2. The number of sulfonamides is 1. The smallest absolute Gasteiger partial charge is 0.243 e. The molecule has 1 aliphatic heterocycles. The van der Waals surface area contributed by atoms with Crippen molar-refractivity contribution in [3.63, 3.8) is 0 Å². The van der Waals surface area contributed by atoms with Gasteiger partial charge < -0.3 is 10.1 Å². The summed E-state index contributed by atoms with van der Waals surface area (Å²) in [6.45, 7) is 1.43. The number of amides is 1. The van der Waals surface area contributed by atoms with Crippen molar-refractivity contribution in [3.8, 4) is 10.6 Å². The predicted molar refractivity (Wildman–Crippen MR) is 114 cm³/mol. The van der Waals surface area contributed by atoms with E-state index in [9.17, 15) is 13.2 Å². The van der Waals surface area contributed by atoms with Gasteiger partial charge in [-0.05, 0) is 29.6 Å². The Morgan fingerprint density at radius 1 is 1.21 bits per heavy atom. The maximum atomic E-state index is 12.8. The van der Waals surface area contributed by atoms with Crippen LogP contribution in [0.3, 0.4) is 0 Å². The molecule has 1 fully saturated rings. The summed E-state index contributed by atoms with van der Waals surface area (Å²) < 4.78 is 32.2. The van der Waals surface area contributed by atoms with E-state index >= 15 is 0 Å². The largest absolute Gasteiger partial charge is 0.379 e. The number of thiophene rings is 1. The van der Waals surface area contributed by atoms with E-state index in [1.807, 2.05) is 22.2 Å². The number of anilines is 1. The number of hydrogen-bond donors (Lipinski definition) is 1.